The van der Waals surface area contributed by atoms with Gasteiger partial charge in [-0.15, -0.1) is 0 Å². The van der Waals surface area contributed by atoms with E-state index in [0.29, 0.717) is 10.9 Å². The van der Waals surface area contributed by atoms with E-state index in [-0.39, 0.29) is 11.3 Å². The molecule has 6 heteroatoms. The highest BCUT2D eigenvalue weighted by molar-refractivity contribution is 6.18. The third kappa shape index (κ3) is 1.82. The molecule has 0 bridgehead atoms. The number of aromatic nitrogens is 2. The number of hydrogen-bond donors (Lipinski definition) is 2. The van der Waals surface area contributed by atoms with Crippen LogP contribution in [0.2, 0.25) is 0 Å². The monoisotopic (exact) mass is 273 g/mol. The van der Waals surface area contributed by atoms with Crippen LogP contribution in [0, 0.1) is 11.6 Å². The lowest BCUT2D eigenvalue weighted by Crippen LogP contribution is -2.06. The minimum absolute atomic E-state index is 0.0753. The summed E-state index contributed by atoms with van der Waals surface area (Å²) in [5.74, 6) is -2.68. The molecule has 100 valence electrons. The fourth-order valence-electron chi connectivity index (χ4n) is 2.05. The van der Waals surface area contributed by atoms with Gasteiger partial charge in [0.15, 0.2) is 17.4 Å². The van der Waals surface area contributed by atoms with E-state index in [1.807, 2.05) is 0 Å². The van der Waals surface area contributed by atoms with Crippen molar-refractivity contribution in [3.63, 3.8) is 0 Å². The second-order valence-corrected chi connectivity index (χ2v) is 4.31. The molecule has 0 fully saturated rings. The number of aromatic amines is 1. The van der Waals surface area contributed by atoms with Crippen molar-refractivity contribution in [3.8, 4) is 0 Å². The number of nitrogens with two attached hydrogens (primary N) is 1. The number of nitrogen functional groups attached to an aromatic ring is 1. The van der Waals surface area contributed by atoms with Crippen molar-refractivity contribution in [3.05, 3.63) is 59.6 Å². The first-order valence-electron chi connectivity index (χ1n) is 5.78. The molecule has 0 aliphatic carbocycles. The summed E-state index contributed by atoms with van der Waals surface area (Å²) in [6.45, 7) is 0. The molecule has 2 aromatic heterocycles. The number of fused-ring (bicyclic) bond motifs is 1. The normalized spacial score (nSPS) is 10.9. The lowest BCUT2D eigenvalue weighted by Gasteiger charge is -2.05. The van der Waals surface area contributed by atoms with E-state index in [1.165, 1.54) is 12.4 Å². The zero-order valence-corrected chi connectivity index (χ0v) is 10.2. The van der Waals surface area contributed by atoms with E-state index in [1.54, 1.807) is 12.3 Å². The molecule has 4 nitrogen and oxygen atoms in total. The maximum absolute atomic E-state index is 13.3. The van der Waals surface area contributed by atoms with Crippen molar-refractivity contribution >= 4 is 22.4 Å². The van der Waals surface area contributed by atoms with Gasteiger partial charge in [-0.1, -0.05) is 0 Å². The summed E-state index contributed by atoms with van der Waals surface area (Å²) in [6.07, 6.45) is 4.60. The van der Waals surface area contributed by atoms with Crippen molar-refractivity contribution in [1.29, 1.82) is 0 Å². The van der Waals surface area contributed by atoms with E-state index in [2.05, 4.69) is 9.97 Å². The molecule has 3 N–H and O–H groups in total. The molecule has 0 aliphatic rings. The van der Waals surface area contributed by atoms with E-state index < -0.39 is 17.4 Å². The Morgan fingerprint density at radius 3 is 2.75 bits per heavy atom. The molecular weight excluding hydrogens is 264 g/mol. The summed E-state index contributed by atoms with van der Waals surface area (Å²) in [7, 11) is 0. The molecule has 2 heterocycles. The molecule has 0 amide bonds. The van der Waals surface area contributed by atoms with Gasteiger partial charge in [0.1, 0.15) is 0 Å². The molecule has 3 rings (SSSR count). The zero-order chi connectivity index (χ0) is 14.3. The van der Waals surface area contributed by atoms with Gasteiger partial charge in [0, 0.05) is 52.4 Å². The molecule has 20 heavy (non-hydrogen) atoms. The van der Waals surface area contributed by atoms with E-state index >= 15 is 0 Å². The standard InChI is InChI=1S/C14H9F2N3O/c15-10-3-7(12(17)4-11(10)16)14(20)9-6-19-13-1-2-18-5-8(9)13/h1-6,19H,17H2. The van der Waals surface area contributed by atoms with Gasteiger partial charge in [0.25, 0.3) is 0 Å². The van der Waals surface area contributed by atoms with Crippen molar-refractivity contribution in [2.24, 2.45) is 0 Å². The summed E-state index contributed by atoms with van der Waals surface area (Å²) < 4.78 is 26.3. The topological polar surface area (TPSA) is 71.8 Å². The van der Waals surface area contributed by atoms with Crippen LogP contribution in [-0.2, 0) is 0 Å². The van der Waals surface area contributed by atoms with Gasteiger partial charge < -0.3 is 10.7 Å². The number of carbonyl (C=O) groups is 1. The molecule has 0 atom stereocenters. The molecule has 0 aliphatic heterocycles. The van der Waals surface area contributed by atoms with Gasteiger partial charge in [-0.2, -0.15) is 0 Å². The Morgan fingerprint density at radius 1 is 1.20 bits per heavy atom. The number of anilines is 1. The molecule has 0 radical (unpaired) electrons. The summed E-state index contributed by atoms with van der Waals surface area (Å²) >= 11 is 0. The molecule has 3 aromatic rings. The highest BCUT2D eigenvalue weighted by Gasteiger charge is 2.19. The predicted octanol–water partition coefficient (Wildman–Crippen LogP) is 2.65. The largest absolute Gasteiger partial charge is 0.398 e. The van der Waals surface area contributed by atoms with Gasteiger partial charge in [-0.05, 0) is 12.1 Å². The summed E-state index contributed by atoms with van der Waals surface area (Å²) in [5.41, 5.74) is 6.45. The quantitative estimate of drug-likeness (QED) is 0.557. The Bertz CT molecular complexity index is 826. The average Bonchev–Trinajstić information content (AvgIpc) is 2.86. The van der Waals surface area contributed by atoms with E-state index in [9.17, 15) is 13.6 Å². The third-order valence-corrected chi connectivity index (χ3v) is 3.06. The summed E-state index contributed by atoms with van der Waals surface area (Å²) in [6, 6.07) is 3.32. The number of benzene rings is 1. The van der Waals surface area contributed by atoms with Crippen LogP contribution >= 0.6 is 0 Å². The first-order valence-corrected chi connectivity index (χ1v) is 5.78. The number of pyridine rings is 1. The highest BCUT2D eigenvalue weighted by atomic mass is 19.2. The Morgan fingerprint density at radius 2 is 1.95 bits per heavy atom. The Balaban J connectivity index is 2.16. The fourth-order valence-corrected chi connectivity index (χ4v) is 2.05. The number of nitrogens with zero attached hydrogens (tertiary/aromatic N) is 1. The second kappa shape index (κ2) is 4.41. The first kappa shape index (κ1) is 12.3. The lowest BCUT2D eigenvalue weighted by molar-refractivity contribution is 0.104. The van der Waals surface area contributed by atoms with Crippen LogP contribution in [0.25, 0.3) is 10.9 Å². The van der Waals surface area contributed by atoms with Crippen LogP contribution in [0.4, 0.5) is 14.5 Å². The van der Waals surface area contributed by atoms with Crippen LogP contribution in [0.1, 0.15) is 15.9 Å². The lowest BCUT2D eigenvalue weighted by atomic mass is 10.0. The molecule has 0 saturated carbocycles. The summed E-state index contributed by atoms with van der Waals surface area (Å²) in [5, 5.41) is 0.599. The van der Waals surface area contributed by atoms with Gasteiger partial charge >= 0.3 is 0 Å². The van der Waals surface area contributed by atoms with Gasteiger partial charge in [-0.3, -0.25) is 9.78 Å². The van der Waals surface area contributed by atoms with Crippen molar-refractivity contribution in [2.45, 2.75) is 0 Å². The number of ketones is 1. The summed E-state index contributed by atoms with van der Waals surface area (Å²) in [4.78, 5) is 19.2. The van der Waals surface area contributed by atoms with Crippen molar-refractivity contribution in [2.75, 3.05) is 5.73 Å². The zero-order valence-electron chi connectivity index (χ0n) is 10.2. The number of halogens is 2. The Hall–Kier alpha value is -2.76. The molecule has 0 spiro atoms. The molecular formula is C14H9F2N3O. The smallest absolute Gasteiger partial charge is 0.197 e. The van der Waals surface area contributed by atoms with Gasteiger partial charge in [0.2, 0.25) is 0 Å². The van der Waals surface area contributed by atoms with Crippen LogP contribution in [0.3, 0.4) is 0 Å². The van der Waals surface area contributed by atoms with Gasteiger partial charge in [0.05, 0.1) is 0 Å². The second-order valence-electron chi connectivity index (χ2n) is 4.31. The number of nitrogens with one attached hydrogen (secondary N) is 1. The Labute approximate surface area is 112 Å². The number of hydrogen-bond acceptors (Lipinski definition) is 3. The van der Waals surface area contributed by atoms with Crippen LogP contribution < -0.4 is 5.73 Å². The number of rotatable bonds is 2. The maximum Gasteiger partial charge on any atom is 0.197 e. The predicted molar refractivity (Wildman–Crippen MR) is 70.3 cm³/mol. The molecule has 0 saturated heterocycles. The maximum atomic E-state index is 13.3. The number of H-pyrrole nitrogens is 1. The van der Waals surface area contributed by atoms with E-state index in [4.69, 9.17) is 5.73 Å². The van der Waals surface area contributed by atoms with Crippen molar-refractivity contribution < 1.29 is 13.6 Å². The average molecular weight is 273 g/mol. The fraction of sp³-hybridized carbons (Fsp3) is 0. The first-order chi connectivity index (χ1) is 9.58. The highest BCUT2D eigenvalue weighted by Crippen LogP contribution is 2.24. The van der Waals surface area contributed by atoms with Gasteiger partial charge in [-0.25, -0.2) is 8.78 Å². The van der Waals surface area contributed by atoms with Crippen LogP contribution in [-0.4, -0.2) is 15.8 Å². The Kier molecular flexibility index (Phi) is 2.71. The minimum atomic E-state index is -1.11. The van der Waals surface area contributed by atoms with E-state index in [0.717, 1.165) is 17.6 Å². The van der Waals surface area contributed by atoms with Crippen molar-refractivity contribution in [1.82, 2.24) is 9.97 Å². The number of carbonyl (C=O) groups excluding carboxylic acids is 1. The third-order valence-electron chi connectivity index (χ3n) is 3.06. The minimum Gasteiger partial charge on any atom is -0.398 e. The van der Waals surface area contributed by atoms with Crippen LogP contribution in [0.5, 0.6) is 0 Å². The van der Waals surface area contributed by atoms with Crippen LogP contribution in [0.15, 0.2) is 36.8 Å². The molecule has 0 unspecified atom stereocenters. The molecule has 1 aromatic carbocycles. The SMILES string of the molecule is Nc1cc(F)c(F)cc1C(=O)c1c[nH]c2ccncc12.